The molecule has 5 amide bonds. The first-order valence-electron chi connectivity index (χ1n) is 28.6. The molecule has 2 N–H and O–H groups in total. The molecule has 4 fully saturated rings. The summed E-state index contributed by atoms with van der Waals surface area (Å²) in [4.78, 5) is 85.7. The van der Waals surface area contributed by atoms with E-state index in [0.717, 1.165) is 76.4 Å². The number of carbonyl (C=O) groups excluding carboxylic acids is 5. The van der Waals surface area contributed by atoms with Crippen LogP contribution in [0, 0.1) is 11.3 Å². The van der Waals surface area contributed by atoms with Crippen molar-refractivity contribution < 1.29 is 42.6 Å². The highest BCUT2D eigenvalue weighted by molar-refractivity contribution is 5.96. The van der Waals surface area contributed by atoms with Crippen LogP contribution in [0.2, 0.25) is 0 Å². The summed E-state index contributed by atoms with van der Waals surface area (Å²) in [5.41, 5.74) is 10.5. The van der Waals surface area contributed by atoms with Gasteiger partial charge in [-0.25, -0.2) is 14.6 Å². The number of esters is 1. The lowest BCUT2D eigenvalue weighted by atomic mass is 9.84. The number of piperazine rings is 1. The van der Waals surface area contributed by atoms with Crippen molar-refractivity contribution in [2.75, 3.05) is 85.3 Å². The van der Waals surface area contributed by atoms with Crippen LogP contribution >= 0.6 is 0 Å². The Morgan fingerprint density at radius 2 is 1.75 bits per heavy atom. The van der Waals surface area contributed by atoms with Crippen LogP contribution in [-0.2, 0) is 59.4 Å². The third-order valence-electron chi connectivity index (χ3n) is 17.5. The molecule has 6 bridgehead atoms. The highest BCUT2D eigenvalue weighted by atomic mass is 19.1. The Labute approximate surface area is 470 Å². The van der Waals surface area contributed by atoms with Gasteiger partial charge in [-0.15, -0.1) is 0 Å². The van der Waals surface area contributed by atoms with Crippen molar-refractivity contribution in [1.82, 2.24) is 44.9 Å². The van der Waals surface area contributed by atoms with Crippen molar-refractivity contribution in [2.45, 2.75) is 136 Å². The summed E-state index contributed by atoms with van der Waals surface area (Å²) >= 11 is 0. The quantitative estimate of drug-likeness (QED) is 0.114. The molecule has 4 aromatic rings. The number of cyclic esters (lactones) is 1. The molecule has 7 heterocycles. The first-order valence-corrected chi connectivity index (χ1v) is 28.6. The largest absolute Gasteiger partial charge is 0.464 e. The smallest absolute Gasteiger partial charge is 0.324 e. The maximum absolute atomic E-state index is 15.2. The number of anilines is 1. The predicted molar refractivity (Wildman–Crippen MR) is 306 cm³/mol. The number of hydrazine groups is 1. The van der Waals surface area contributed by atoms with E-state index >= 15 is 9.18 Å². The van der Waals surface area contributed by atoms with Crippen LogP contribution in [0.1, 0.15) is 103 Å². The maximum Gasteiger partial charge on any atom is 0.324 e. The molecule has 0 unspecified atom stereocenters. The number of ether oxygens (including phenoxy) is 3. The monoisotopic (exact) mass is 1100 g/mol. The summed E-state index contributed by atoms with van der Waals surface area (Å²) in [5.74, 6) is -2.09. The van der Waals surface area contributed by atoms with Crippen molar-refractivity contribution >= 4 is 46.3 Å². The van der Waals surface area contributed by atoms with E-state index in [1.807, 2.05) is 46.0 Å². The van der Waals surface area contributed by atoms with E-state index in [9.17, 15) is 19.2 Å². The van der Waals surface area contributed by atoms with E-state index < -0.39 is 53.6 Å². The van der Waals surface area contributed by atoms with E-state index in [1.54, 1.807) is 30.0 Å². The highest BCUT2D eigenvalue weighted by Gasteiger charge is 2.50. The lowest BCUT2D eigenvalue weighted by molar-refractivity contribution is -0.155. The van der Waals surface area contributed by atoms with Crippen molar-refractivity contribution in [2.24, 2.45) is 11.3 Å². The first kappa shape index (κ1) is 58.3. The van der Waals surface area contributed by atoms with Gasteiger partial charge in [-0.2, -0.15) is 0 Å². The van der Waals surface area contributed by atoms with E-state index in [-0.39, 0.29) is 56.3 Å². The number of pyridine rings is 1. The fourth-order valence-corrected chi connectivity index (χ4v) is 12.8. The fourth-order valence-electron chi connectivity index (χ4n) is 12.8. The number of likely N-dealkylation sites (N-methyl/N-ethyl adjacent to an activating group) is 2. The number of nitrogens with zero attached hydrogens (tertiary/aromatic N) is 8. The topological polar surface area (TPSA) is 174 Å². The zero-order chi connectivity index (χ0) is 57.4. The average molecular weight is 1100 g/mol. The molecule has 1 spiro atoms. The molecule has 9 rings (SSSR count). The number of nitrogens with one attached hydrogen (secondary N) is 2. The van der Waals surface area contributed by atoms with Gasteiger partial charge in [0.15, 0.2) is 0 Å². The number of likely N-dealkylation sites (tertiary alicyclic amines) is 1. The van der Waals surface area contributed by atoms with Crippen LogP contribution in [0.4, 0.5) is 14.9 Å². The van der Waals surface area contributed by atoms with Crippen molar-refractivity contribution in [3.63, 3.8) is 0 Å². The molecular weight excluding hydrogens is 1020 g/mol. The molecule has 2 aromatic carbocycles. The van der Waals surface area contributed by atoms with Crippen molar-refractivity contribution in [1.29, 1.82) is 0 Å². The van der Waals surface area contributed by atoms with Gasteiger partial charge < -0.3 is 48.6 Å². The van der Waals surface area contributed by atoms with E-state index in [4.69, 9.17) is 19.2 Å². The van der Waals surface area contributed by atoms with Gasteiger partial charge in [0.2, 0.25) is 11.8 Å². The summed E-state index contributed by atoms with van der Waals surface area (Å²) in [5, 5.41) is 5.45. The Kier molecular flexibility index (Phi) is 17.5. The molecule has 0 radical (unpaired) electrons. The highest BCUT2D eigenvalue weighted by Crippen LogP contribution is 2.44. The van der Waals surface area contributed by atoms with Gasteiger partial charge in [-0.05, 0) is 124 Å². The van der Waals surface area contributed by atoms with Crippen LogP contribution < -0.4 is 15.6 Å². The standard InChI is InChI=1S/C61H83FN10O8/c1-12-52(73)71-37-80-61(40(71)6)18-21-69(22-19-61)59(77)67(10)54(38(3)4)56(74)64-50-30-41-27-42(34-62)29-44(28-41)43-16-17-51-46(31-43)48(33-60(7,8)36-79-58(76)49-15-14-20-72(65-49)57(50)75)55(70(51)13-2)47-32-45(35-63-53(47)39(5)78-11)68-25-23-66(9)24-26-68/h12,16-17,27-29,31-32,35,38-40,49-50,54,65H,1,13-15,18-26,30,33-34,36-37H2,2-11H3,(H,64,74)/t39-,40-,49-,50-,54-/m0/s1. The van der Waals surface area contributed by atoms with Gasteiger partial charge in [0, 0.05) is 94.8 Å². The lowest BCUT2D eigenvalue weighted by Gasteiger charge is -2.43. The number of rotatable bonds is 11. The second-order valence-corrected chi connectivity index (χ2v) is 23.9. The summed E-state index contributed by atoms with van der Waals surface area (Å²) in [6.45, 7) is 22.3. The first-order chi connectivity index (χ1) is 38.2. The van der Waals surface area contributed by atoms with Gasteiger partial charge in [0.1, 0.15) is 31.5 Å². The Morgan fingerprint density at radius 1 is 1.01 bits per heavy atom. The van der Waals surface area contributed by atoms with Gasteiger partial charge >= 0.3 is 12.0 Å². The molecule has 0 aliphatic carbocycles. The number of fused-ring (bicyclic) bond motifs is 6. The maximum atomic E-state index is 15.2. The number of urea groups is 1. The van der Waals surface area contributed by atoms with Crippen LogP contribution in [0.15, 0.2) is 61.3 Å². The van der Waals surface area contributed by atoms with Crippen LogP contribution in [0.5, 0.6) is 0 Å². The van der Waals surface area contributed by atoms with Crippen molar-refractivity contribution in [3.05, 3.63) is 83.7 Å². The number of halogens is 1. The number of alkyl halides is 1. The molecule has 5 atom stereocenters. The van der Waals surface area contributed by atoms with Crippen LogP contribution in [0.3, 0.4) is 0 Å². The van der Waals surface area contributed by atoms with E-state index in [0.29, 0.717) is 62.9 Å². The van der Waals surface area contributed by atoms with Crippen molar-refractivity contribution in [3.8, 4) is 22.4 Å². The van der Waals surface area contributed by atoms with E-state index in [2.05, 4.69) is 83.8 Å². The third-order valence-corrected chi connectivity index (χ3v) is 17.5. The lowest BCUT2D eigenvalue weighted by Crippen LogP contribution is -2.63. The number of hydrogen-bond acceptors (Lipinski definition) is 12. The zero-order valence-corrected chi connectivity index (χ0v) is 48.6. The number of piperidine rings is 1. The van der Waals surface area contributed by atoms with Gasteiger partial charge in [-0.3, -0.25) is 29.2 Å². The number of amides is 5. The SMILES string of the molecule is C=CC(=O)N1COC2(CCN(C(=O)N(C)[C@H](C(=O)N[C@H]3Cc4cc(CF)cc(c4)-c4ccc5c(c4)c(c(-c4cc(N6CCN(C)CC6)cnc4[C@H](C)OC)n5CC)CC(C)(C)COC(=O)[C@@H]4CCCN(N4)C3=O)C(C)C)CC2)[C@@H]1C. The number of benzene rings is 2. The summed E-state index contributed by atoms with van der Waals surface area (Å²) < 4.78 is 36.0. The minimum Gasteiger partial charge on any atom is -0.464 e. The summed E-state index contributed by atoms with van der Waals surface area (Å²) in [6, 6.07) is 10.5. The molecule has 5 aliphatic heterocycles. The molecule has 0 saturated carbocycles. The Balaban J connectivity index is 1.09. The second-order valence-electron chi connectivity index (χ2n) is 23.9. The molecule has 5 aliphatic rings. The number of hydrogen-bond donors (Lipinski definition) is 2. The number of aryl methyl sites for hydroxylation is 1. The van der Waals surface area contributed by atoms with Gasteiger partial charge in [0.25, 0.3) is 5.91 Å². The minimum absolute atomic E-state index is 0.0197. The number of carbonyl (C=O) groups is 5. The average Bonchev–Trinajstić information content (AvgIpc) is 4.14. The van der Waals surface area contributed by atoms with Gasteiger partial charge in [-0.1, -0.05) is 52.5 Å². The molecule has 19 heteroatoms. The third kappa shape index (κ3) is 11.7. The zero-order valence-electron chi connectivity index (χ0n) is 48.6. The molecule has 4 saturated heterocycles. The number of aromatic nitrogens is 2. The Morgan fingerprint density at radius 3 is 2.42 bits per heavy atom. The minimum atomic E-state index is -1.19. The molecule has 18 nitrogen and oxygen atoms in total. The van der Waals surface area contributed by atoms with Gasteiger partial charge in [0.05, 0.1) is 47.6 Å². The normalized spacial score (nSPS) is 22.5. The number of methoxy groups -OCH3 is 1. The Hall–Kier alpha value is -6.41. The van der Waals surface area contributed by atoms with Crippen LogP contribution in [-0.4, -0.2) is 174 Å². The molecule has 2 aromatic heterocycles. The fraction of sp³-hybridized carbons (Fsp3) is 0.574. The summed E-state index contributed by atoms with van der Waals surface area (Å²) in [7, 11) is 5.44. The second kappa shape index (κ2) is 24.0. The Bertz CT molecular complexity index is 2980. The predicted octanol–water partition coefficient (Wildman–Crippen LogP) is 7.27. The summed E-state index contributed by atoms with van der Waals surface area (Å²) in [6.07, 6.45) is 5.32. The molecule has 80 heavy (non-hydrogen) atoms. The van der Waals surface area contributed by atoms with Crippen LogP contribution in [0.25, 0.3) is 33.3 Å². The van der Waals surface area contributed by atoms with E-state index in [1.165, 1.54) is 16.0 Å². The molecule has 432 valence electrons. The molecular formula is C61H83FN10O8.